The van der Waals surface area contributed by atoms with Crippen LogP contribution in [0.4, 0.5) is 0 Å². The van der Waals surface area contributed by atoms with E-state index in [9.17, 15) is 0 Å². The van der Waals surface area contributed by atoms with Gasteiger partial charge < -0.3 is 10.5 Å². The van der Waals surface area contributed by atoms with Crippen molar-refractivity contribution in [2.75, 3.05) is 26.3 Å². The van der Waals surface area contributed by atoms with E-state index in [1.54, 1.807) is 0 Å². The lowest BCUT2D eigenvalue weighted by molar-refractivity contribution is -0.0311. The minimum Gasteiger partial charge on any atom is -0.379 e. The zero-order chi connectivity index (χ0) is 13.3. The van der Waals surface area contributed by atoms with Crippen LogP contribution in [0.25, 0.3) is 0 Å². The average Bonchev–Trinajstić information content (AvgIpc) is 3.08. The van der Waals surface area contributed by atoms with Crippen molar-refractivity contribution in [2.24, 2.45) is 12.8 Å². The number of aryl methyl sites for hydroxylation is 1. The molecule has 5 nitrogen and oxygen atoms in total. The van der Waals surface area contributed by atoms with E-state index < -0.39 is 0 Å². The summed E-state index contributed by atoms with van der Waals surface area (Å²) in [5.74, 6) is 0. The van der Waals surface area contributed by atoms with Gasteiger partial charge in [-0.25, -0.2) is 0 Å². The summed E-state index contributed by atoms with van der Waals surface area (Å²) in [6.07, 6.45) is 8.94. The Balaban J connectivity index is 1.86. The van der Waals surface area contributed by atoms with Gasteiger partial charge in [-0.2, -0.15) is 5.10 Å². The molecule has 1 unspecified atom stereocenters. The van der Waals surface area contributed by atoms with Crippen molar-refractivity contribution in [1.29, 1.82) is 0 Å². The molecule has 0 aromatic carbocycles. The van der Waals surface area contributed by atoms with Gasteiger partial charge in [0.1, 0.15) is 0 Å². The van der Waals surface area contributed by atoms with Crippen LogP contribution >= 0.6 is 0 Å². The smallest absolute Gasteiger partial charge is 0.0594 e. The number of morpholine rings is 1. The van der Waals surface area contributed by atoms with Crippen LogP contribution in [0.5, 0.6) is 0 Å². The maximum absolute atomic E-state index is 6.64. The third kappa shape index (κ3) is 2.30. The number of hydrogen-bond donors (Lipinski definition) is 1. The molecule has 106 valence electrons. The summed E-state index contributed by atoms with van der Waals surface area (Å²) in [4.78, 5) is 2.57. The largest absolute Gasteiger partial charge is 0.379 e. The summed E-state index contributed by atoms with van der Waals surface area (Å²) in [7, 11) is 1.95. The Labute approximate surface area is 114 Å². The second-order valence-electron chi connectivity index (χ2n) is 5.84. The third-order valence-electron chi connectivity index (χ3n) is 4.77. The van der Waals surface area contributed by atoms with Gasteiger partial charge in [-0.15, -0.1) is 0 Å². The quantitative estimate of drug-likeness (QED) is 0.887. The molecule has 0 bridgehead atoms. The van der Waals surface area contributed by atoms with E-state index in [2.05, 4.69) is 16.2 Å². The fourth-order valence-electron chi connectivity index (χ4n) is 3.73. The van der Waals surface area contributed by atoms with Crippen LogP contribution in [0.3, 0.4) is 0 Å². The molecule has 2 fully saturated rings. The van der Waals surface area contributed by atoms with Gasteiger partial charge in [-0.05, 0) is 12.8 Å². The molecule has 1 aliphatic carbocycles. The van der Waals surface area contributed by atoms with Crippen LogP contribution in [0.15, 0.2) is 12.4 Å². The highest BCUT2D eigenvalue weighted by Crippen LogP contribution is 2.43. The van der Waals surface area contributed by atoms with Crippen molar-refractivity contribution in [1.82, 2.24) is 14.7 Å². The Morgan fingerprint density at radius 2 is 2.00 bits per heavy atom. The number of nitrogens with zero attached hydrogens (tertiary/aromatic N) is 3. The van der Waals surface area contributed by atoms with Crippen molar-refractivity contribution >= 4 is 0 Å². The van der Waals surface area contributed by atoms with Crippen molar-refractivity contribution in [3.8, 4) is 0 Å². The summed E-state index contributed by atoms with van der Waals surface area (Å²) in [5, 5.41) is 4.28. The molecule has 1 saturated carbocycles. The van der Waals surface area contributed by atoms with Gasteiger partial charge in [0.15, 0.2) is 0 Å². The molecule has 5 heteroatoms. The Bertz CT molecular complexity index is 419. The van der Waals surface area contributed by atoms with Gasteiger partial charge >= 0.3 is 0 Å². The van der Waals surface area contributed by atoms with Gasteiger partial charge in [0.2, 0.25) is 0 Å². The number of rotatable bonds is 3. The predicted octanol–water partition coefficient (Wildman–Crippen LogP) is 1.06. The van der Waals surface area contributed by atoms with Crippen molar-refractivity contribution in [3.05, 3.63) is 18.0 Å². The van der Waals surface area contributed by atoms with E-state index >= 15 is 0 Å². The fraction of sp³-hybridized carbons (Fsp3) is 0.786. The molecule has 0 spiro atoms. The monoisotopic (exact) mass is 264 g/mol. The molecule has 1 atom stereocenters. The Hall–Kier alpha value is -0.910. The highest BCUT2D eigenvalue weighted by molar-refractivity contribution is 5.19. The molecule has 19 heavy (non-hydrogen) atoms. The number of ether oxygens (including phenoxy) is 1. The van der Waals surface area contributed by atoms with Crippen molar-refractivity contribution in [2.45, 2.75) is 37.3 Å². The first-order valence-electron chi connectivity index (χ1n) is 7.29. The molecule has 2 N–H and O–H groups in total. The van der Waals surface area contributed by atoms with Crippen LogP contribution < -0.4 is 5.73 Å². The zero-order valence-corrected chi connectivity index (χ0v) is 11.7. The van der Waals surface area contributed by atoms with Crippen LogP contribution in [0, 0.1) is 0 Å². The van der Waals surface area contributed by atoms with Crippen molar-refractivity contribution in [3.63, 3.8) is 0 Å². The van der Waals surface area contributed by atoms with E-state index in [1.807, 2.05) is 17.9 Å². The first-order valence-corrected chi connectivity index (χ1v) is 7.29. The van der Waals surface area contributed by atoms with E-state index in [-0.39, 0.29) is 11.6 Å². The van der Waals surface area contributed by atoms with Crippen molar-refractivity contribution < 1.29 is 4.74 Å². The van der Waals surface area contributed by atoms with E-state index in [0.717, 1.165) is 31.9 Å². The molecule has 0 amide bonds. The predicted molar refractivity (Wildman–Crippen MR) is 73.7 cm³/mol. The first-order chi connectivity index (χ1) is 9.22. The van der Waals surface area contributed by atoms with Gasteiger partial charge in [-0.3, -0.25) is 9.58 Å². The van der Waals surface area contributed by atoms with E-state index in [1.165, 1.54) is 25.7 Å². The second kappa shape index (κ2) is 5.23. The molecule has 1 aromatic heterocycles. The molecule has 1 aliphatic heterocycles. The number of aromatic nitrogens is 2. The lowest BCUT2D eigenvalue weighted by atomic mass is 9.83. The molecule has 2 heterocycles. The van der Waals surface area contributed by atoms with Gasteiger partial charge in [-0.1, -0.05) is 12.8 Å². The topological polar surface area (TPSA) is 56.3 Å². The third-order valence-corrected chi connectivity index (χ3v) is 4.77. The molecule has 1 saturated heterocycles. The Morgan fingerprint density at radius 3 is 2.58 bits per heavy atom. The number of hydrogen-bond acceptors (Lipinski definition) is 4. The Kier molecular flexibility index (Phi) is 3.60. The molecular formula is C14H24N4O. The maximum Gasteiger partial charge on any atom is 0.0594 e. The minimum absolute atomic E-state index is 0.0572. The zero-order valence-electron chi connectivity index (χ0n) is 11.7. The molecule has 2 aliphatic rings. The van der Waals surface area contributed by atoms with Gasteiger partial charge in [0, 0.05) is 37.4 Å². The number of nitrogens with two attached hydrogens (primary N) is 1. The van der Waals surface area contributed by atoms with Crippen LogP contribution in [-0.2, 0) is 11.8 Å². The highest BCUT2D eigenvalue weighted by Gasteiger charge is 2.45. The molecule has 1 aromatic rings. The normalized spacial score (nSPS) is 25.6. The van der Waals surface area contributed by atoms with E-state index in [0.29, 0.717) is 0 Å². The van der Waals surface area contributed by atoms with Gasteiger partial charge in [0.05, 0.1) is 25.5 Å². The van der Waals surface area contributed by atoms with Crippen LogP contribution in [0.2, 0.25) is 0 Å². The molecular weight excluding hydrogens is 240 g/mol. The molecule has 0 radical (unpaired) electrons. The lowest BCUT2D eigenvalue weighted by Gasteiger charge is -2.46. The standard InChI is InChI=1S/C14H24N4O/c1-17-11-12(10-16-17)13(15)14(4-2-3-5-14)18-6-8-19-9-7-18/h10-11,13H,2-9,15H2,1H3. The van der Waals surface area contributed by atoms with E-state index in [4.69, 9.17) is 10.5 Å². The van der Waals surface area contributed by atoms with Gasteiger partial charge in [0.25, 0.3) is 0 Å². The SMILES string of the molecule is Cn1cc(C(N)C2(N3CCOCC3)CCCC2)cn1. The summed E-state index contributed by atoms with van der Waals surface area (Å²) in [6, 6.07) is 0.0572. The lowest BCUT2D eigenvalue weighted by Crippen LogP contribution is -2.57. The van der Waals surface area contributed by atoms with Crippen LogP contribution in [0.1, 0.15) is 37.3 Å². The summed E-state index contributed by atoms with van der Waals surface area (Å²) in [5.41, 5.74) is 7.92. The maximum atomic E-state index is 6.64. The molecule has 3 rings (SSSR count). The first kappa shape index (κ1) is 13.1. The second-order valence-corrected chi connectivity index (χ2v) is 5.84. The average molecular weight is 264 g/mol. The Morgan fingerprint density at radius 1 is 1.32 bits per heavy atom. The minimum atomic E-state index is 0.0572. The summed E-state index contributed by atoms with van der Waals surface area (Å²) in [6.45, 7) is 3.69. The highest BCUT2D eigenvalue weighted by atomic mass is 16.5. The fourth-order valence-corrected chi connectivity index (χ4v) is 3.73. The summed E-state index contributed by atoms with van der Waals surface area (Å²) < 4.78 is 7.34. The van der Waals surface area contributed by atoms with Crippen LogP contribution in [-0.4, -0.2) is 46.5 Å². The summed E-state index contributed by atoms with van der Waals surface area (Å²) >= 11 is 0.